The molecule has 0 fully saturated rings. The second kappa shape index (κ2) is 10.4. The largest absolute Gasteiger partial charge is 0.348 e. The highest BCUT2D eigenvalue weighted by Crippen LogP contribution is 2.21. The Hall–Kier alpha value is -2.55. The highest BCUT2D eigenvalue weighted by atomic mass is 79.9. The molecule has 5 nitrogen and oxygen atoms in total. The molecule has 0 aromatic heterocycles. The molecule has 0 aliphatic rings. The standard InChI is InChI=1S/C24H24BrFN2O3S/c1-17-10-12-22(13-11-17)32(30,31)28(15-20-6-3-4-9-23(20)26)16-24(29)27-18(2)19-7-5-8-21(25)14-19/h3-14,18H,15-16H2,1-2H3,(H,27,29)/t18-/m1/s1. The quantitative estimate of drug-likeness (QED) is 0.458. The molecule has 3 aromatic carbocycles. The lowest BCUT2D eigenvalue weighted by atomic mass is 10.1. The van der Waals surface area contributed by atoms with E-state index in [-0.39, 0.29) is 23.0 Å². The Morgan fingerprint density at radius 1 is 1.06 bits per heavy atom. The first-order valence-corrected chi connectivity index (χ1v) is 12.2. The van der Waals surface area contributed by atoms with Crippen LogP contribution in [0.5, 0.6) is 0 Å². The Morgan fingerprint density at radius 3 is 2.41 bits per heavy atom. The van der Waals surface area contributed by atoms with Gasteiger partial charge in [-0.25, -0.2) is 12.8 Å². The van der Waals surface area contributed by atoms with E-state index in [2.05, 4.69) is 21.2 Å². The third-order valence-corrected chi connectivity index (χ3v) is 7.31. The number of halogens is 2. The number of carbonyl (C=O) groups is 1. The van der Waals surface area contributed by atoms with Crippen molar-refractivity contribution >= 4 is 31.9 Å². The van der Waals surface area contributed by atoms with Gasteiger partial charge in [-0.1, -0.05) is 64.0 Å². The van der Waals surface area contributed by atoms with E-state index in [9.17, 15) is 17.6 Å². The number of carbonyl (C=O) groups excluding carboxylic acids is 1. The molecule has 168 valence electrons. The minimum absolute atomic E-state index is 0.0484. The van der Waals surface area contributed by atoms with Crippen LogP contribution in [0.25, 0.3) is 0 Å². The molecule has 0 heterocycles. The fraction of sp³-hybridized carbons (Fsp3) is 0.208. The van der Waals surface area contributed by atoms with Gasteiger partial charge < -0.3 is 5.32 Å². The van der Waals surface area contributed by atoms with Crippen molar-refractivity contribution in [3.05, 3.63) is 99.8 Å². The molecule has 0 spiro atoms. The number of benzene rings is 3. The SMILES string of the molecule is Cc1ccc(S(=O)(=O)N(CC(=O)N[C@H](C)c2cccc(Br)c2)Cc2ccccc2F)cc1. The molecule has 0 saturated heterocycles. The van der Waals surface area contributed by atoms with Crippen molar-refractivity contribution in [1.29, 1.82) is 0 Å². The van der Waals surface area contributed by atoms with E-state index in [1.165, 1.54) is 30.3 Å². The van der Waals surface area contributed by atoms with Gasteiger partial charge in [0.1, 0.15) is 5.82 Å². The van der Waals surface area contributed by atoms with E-state index in [1.807, 2.05) is 38.1 Å². The Kier molecular flexibility index (Phi) is 7.82. The number of amides is 1. The van der Waals surface area contributed by atoms with Crippen molar-refractivity contribution in [2.45, 2.75) is 31.3 Å². The maximum atomic E-state index is 14.3. The average Bonchev–Trinajstić information content (AvgIpc) is 2.75. The van der Waals surface area contributed by atoms with Gasteiger partial charge in [0, 0.05) is 16.6 Å². The minimum atomic E-state index is -4.04. The predicted octanol–water partition coefficient (Wildman–Crippen LogP) is 4.96. The predicted molar refractivity (Wildman–Crippen MR) is 126 cm³/mol. The summed E-state index contributed by atoms with van der Waals surface area (Å²) < 4.78 is 42.8. The molecular weight excluding hydrogens is 495 g/mol. The van der Waals surface area contributed by atoms with E-state index in [0.717, 1.165) is 19.9 Å². The molecule has 32 heavy (non-hydrogen) atoms. The summed E-state index contributed by atoms with van der Waals surface area (Å²) in [5.41, 5.74) is 1.97. The second-order valence-corrected chi connectivity index (χ2v) is 10.4. The Bertz CT molecular complexity index is 1200. The van der Waals surface area contributed by atoms with Crippen LogP contribution in [0.4, 0.5) is 4.39 Å². The summed E-state index contributed by atoms with van der Waals surface area (Å²) in [6.45, 7) is 2.96. The van der Waals surface area contributed by atoms with Gasteiger partial charge in [0.05, 0.1) is 17.5 Å². The normalized spacial score (nSPS) is 12.5. The van der Waals surface area contributed by atoms with Gasteiger partial charge in [0.25, 0.3) is 0 Å². The van der Waals surface area contributed by atoms with Crippen LogP contribution in [-0.4, -0.2) is 25.2 Å². The van der Waals surface area contributed by atoms with Gasteiger partial charge in [-0.2, -0.15) is 4.31 Å². The van der Waals surface area contributed by atoms with Gasteiger partial charge in [-0.15, -0.1) is 0 Å². The van der Waals surface area contributed by atoms with E-state index >= 15 is 0 Å². The van der Waals surface area contributed by atoms with Crippen LogP contribution >= 0.6 is 15.9 Å². The molecule has 3 aromatic rings. The lowest BCUT2D eigenvalue weighted by molar-refractivity contribution is -0.122. The van der Waals surface area contributed by atoms with Crippen LogP contribution in [0.2, 0.25) is 0 Å². The number of rotatable bonds is 8. The summed E-state index contributed by atoms with van der Waals surface area (Å²) in [5.74, 6) is -1.01. The van der Waals surface area contributed by atoms with E-state index in [0.29, 0.717) is 0 Å². The molecule has 1 amide bonds. The number of aryl methyl sites for hydroxylation is 1. The fourth-order valence-electron chi connectivity index (χ4n) is 3.21. The van der Waals surface area contributed by atoms with E-state index in [4.69, 9.17) is 0 Å². The first kappa shape index (κ1) is 24.1. The van der Waals surface area contributed by atoms with Gasteiger partial charge in [-0.05, 0) is 49.7 Å². The van der Waals surface area contributed by atoms with E-state index < -0.39 is 28.3 Å². The van der Waals surface area contributed by atoms with Crippen LogP contribution in [0.3, 0.4) is 0 Å². The zero-order valence-electron chi connectivity index (χ0n) is 17.8. The van der Waals surface area contributed by atoms with Crippen LogP contribution in [0.15, 0.2) is 82.2 Å². The third kappa shape index (κ3) is 6.03. The van der Waals surface area contributed by atoms with Crippen molar-refractivity contribution in [1.82, 2.24) is 9.62 Å². The van der Waals surface area contributed by atoms with Crippen molar-refractivity contribution in [2.24, 2.45) is 0 Å². The van der Waals surface area contributed by atoms with Gasteiger partial charge in [-0.3, -0.25) is 4.79 Å². The molecule has 0 aliphatic carbocycles. The van der Waals surface area contributed by atoms with Crippen LogP contribution in [-0.2, 0) is 21.4 Å². The highest BCUT2D eigenvalue weighted by molar-refractivity contribution is 9.10. The molecule has 0 bridgehead atoms. The minimum Gasteiger partial charge on any atom is -0.348 e. The van der Waals surface area contributed by atoms with Gasteiger partial charge >= 0.3 is 0 Å². The molecule has 0 radical (unpaired) electrons. The smallest absolute Gasteiger partial charge is 0.243 e. The lowest BCUT2D eigenvalue weighted by Crippen LogP contribution is -2.41. The molecule has 0 unspecified atom stereocenters. The van der Waals surface area contributed by atoms with Gasteiger partial charge in [0.2, 0.25) is 15.9 Å². The maximum Gasteiger partial charge on any atom is 0.243 e. The second-order valence-electron chi connectivity index (χ2n) is 7.52. The number of hydrogen-bond acceptors (Lipinski definition) is 3. The molecule has 8 heteroatoms. The lowest BCUT2D eigenvalue weighted by Gasteiger charge is -2.23. The molecule has 0 aliphatic heterocycles. The summed E-state index contributed by atoms with van der Waals surface area (Å²) in [4.78, 5) is 12.9. The number of nitrogens with one attached hydrogen (secondary N) is 1. The number of sulfonamides is 1. The Balaban J connectivity index is 1.85. The summed E-state index contributed by atoms with van der Waals surface area (Å²) in [5, 5.41) is 2.83. The summed E-state index contributed by atoms with van der Waals surface area (Å²) in [6, 6.07) is 19.4. The molecule has 3 rings (SSSR count). The first-order chi connectivity index (χ1) is 15.2. The molecule has 0 saturated carbocycles. The Labute approximate surface area is 196 Å². The fourth-order valence-corrected chi connectivity index (χ4v) is 5.00. The molecule has 1 atom stereocenters. The van der Waals surface area contributed by atoms with Crippen molar-refractivity contribution in [3.8, 4) is 0 Å². The maximum absolute atomic E-state index is 14.3. The van der Waals surface area contributed by atoms with Crippen LogP contribution in [0, 0.1) is 12.7 Å². The van der Waals surface area contributed by atoms with Crippen molar-refractivity contribution in [3.63, 3.8) is 0 Å². The Morgan fingerprint density at radius 2 is 1.75 bits per heavy atom. The van der Waals surface area contributed by atoms with Crippen molar-refractivity contribution < 1.29 is 17.6 Å². The van der Waals surface area contributed by atoms with Crippen LogP contribution < -0.4 is 5.32 Å². The molecule has 1 N–H and O–H groups in total. The monoisotopic (exact) mass is 518 g/mol. The summed E-state index contributed by atoms with van der Waals surface area (Å²) in [7, 11) is -4.04. The summed E-state index contributed by atoms with van der Waals surface area (Å²) in [6.07, 6.45) is 0. The van der Waals surface area contributed by atoms with Crippen LogP contribution in [0.1, 0.15) is 29.7 Å². The molecular formula is C24H24BrFN2O3S. The summed E-state index contributed by atoms with van der Waals surface area (Å²) >= 11 is 3.40. The van der Waals surface area contributed by atoms with Gasteiger partial charge in [0.15, 0.2) is 0 Å². The van der Waals surface area contributed by atoms with E-state index in [1.54, 1.807) is 18.2 Å². The average molecular weight is 519 g/mol. The zero-order chi connectivity index (χ0) is 23.3. The van der Waals surface area contributed by atoms with Crippen molar-refractivity contribution in [2.75, 3.05) is 6.54 Å². The highest BCUT2D eigenvalue weighted by Gasteiger charge is 2.28. The zero-order valence-corrected chi connectivity index (χ0v) is 20.2. The topological polar surface area (TPSA) is 66.5 Å². The third-order valence-electron chi connectivity index (χ3n) is 5.01. The first-order valence-electron chi connectivity index (χ1n) is 10.0. The number of nitrogens with zero attached hydrogens (tertiary/aromatic N) is 1. The number of hydrogen-bond donors (Lipinski definition) is 1.